The van der Waals surface area contributed by atoms with Crippen molar-refractivity contribution in [3.05, 3.63) is 44.7 Å². The Balaban J connectivity index is 1.79. The summed E-state index contributed by atoms with van der Waals surface area (Å²) in [5.74, 6) is 0. The molecule has 2 N–H and O–H groups in total. The molecule has 1 aromatic heterocycles. The van der Waals surface area contributed by atoms with E-state index in [0.29, 0.717) is 22.2 Å². The van der Waals surface area contributed by atoms with E-state index in [9.17, 15) is 4.79 Å². The monoisotopic (exact) mass is 408 g/mol. The standard InChI is InChI=1S/C19H25ClN4O2S/c1-13-9-14-10-15(18(25)22-17(14)11-16(13)20)12-24(19(27)21-2)4-3-23-5-7-26-8-6-23/h9-11H,3-8,12H2,1-2H3,(H,21,27)(H,22,25). The SMILES string of the molecule is CNC(=S)N(CCN1CCOCC1)Cc1cc2cc(C)c(Cl)cc2[nH]c1=O. The third-order valence-electron chi connectivity index (χ3n) is 4.85. The zero-order valence-electron chi connectivity index (χ0n) is 15.7. The number of rotatable bonds is 5. The Morgan fingerprint density at radius 2 is 2.11 bits per heavy atom. The van der Waals surface area contributed by atoms with Gasteiger partial charge in [0.1, 0.15) is 0 Å². The fourth-order valence-corrected chi connectivity index (χ4v) is 3.53. The molecule has 146 valence electrons. The molecule has 0 saturated carbocycles. The number of H-pyrrole nitrogens is 1. The lowest BCUT2D eigenvalue weighted by Crippen LogP contribution is -2.45. The third-order valence-corrected chi connectivity index (χ3v) is 5.72. The summed E-state index contributed by atoms with van der Waals surface area (Å²) in [7, 11) is 1.81. The van der Waals surface area contributed by atoms with E-state index >= 15 is 0 Å². The van der Waals surface area contributed by atoms with Crippen molar-refractivity contribution in [1.29, 1.82) is 0 Å². The second kappa shape index (κ2) is 9.01. The highest BCUT2D eigenvalue weighted by atomic mass is 35.5. The molecular formula is C19H25ClN4O2S. The van der Waals surface area contributed by atoms with Gasteiger partial charge >= 0.3 is 0 Å². The van der Waals surface area contributed by atoms with Gasteiger partial charge in [-0.15, -0.1) is 0 Å². The van der Waals surface area contributed by atoms with Crippen LogP contribution in [0.5, 0.6) is 0 Å². The van der Waals surface area contributed by atoms with Gasteiger partial charge in [-0.1, -0.05) is 11.6 Å². The highest BCUT2D eigenvalue weighted by Gasteiger charge is 2.16. The van der Waals surface area contributed by atoms with Crippen molar-refractivity contribution < 1.29 is 4.74 Å². The molecule has 1 aromatic carbocycles. The average molecular weight is 409 g/mol. The van der Waals surface area contributed by atoms with E-state index in [1.165, 1.54) is 0 Å². The van der Waals surface area contributed by atoms with Gasteiger partial charge in [0, 0.05) is 49.3 Å². The predicted molar refractivity (Wildman–Crippen MR) is 114 cm³/mol. The van der Waals surface area contributed by atoms with Crippen molar-refractivity contribution in [2.75, 3.05) is 46.4 Å². The number of benzene rings is 1. The number of morpholine rings is 1. The zero-order valence-corrected chi connectivity index (χ0v) is 17.3. The first-order valence-corrected chi connectivity index (χ1v) is 9.85. The van der Waals surface area contributed by atoms with Crippen LogP contribution in [-0.2, 0) is 11.3 Å². The van der Waals surface area contributed by atoms with E-state index in [4.69, 9.17) is 28.6 Å². The highest BCUT2D eigenvalue weighted by molar-refractivity contribution is 7.80. The molecular weight excluding hydrogens is 384 g/mol. The summed E-state index contributed by atoms with van der Waals surface area (Å²) in [6.07, 6.45) is 0. The zero-order chi connectivity index (χ0) is 19.4. The van der Waals surface area contributed by atoms with Crippen LogP contribution >= 0.6 is 23.8 Å². The Kier molecular flexibility index (Phi) is 6.70. The maximum atomic E-state index is 12.6. The van der Waals surface area contributed by atoms with E-state index in [2.05, 4.69) is 15.2 Å². The molecule has 6 nitrogen and oxygen atoms in total. The van der Waals surface area contributed by atoms with E-state index in [1.54, 1.807) is 13.1 Å². The summed E-state index contributed by atoms with van der Waals surface area (Å²) in [6.45, 7) is 7.43. The van der Waals surface area contributed by atoms with Crippen molar-refractivity contribution in [2.45, 2.75) is 13.5 Å². The van der Waals surface area contributed by atoms with Crippen molar-refractivity contribution in [3.8, 4) is 0 Å². The molecule has 8 heteroatoms. The molecule has 0 spiro atoms. The molecule has 0 unspecified atom stereocenters. The quantitative estimate of drug-likeness (QED) is 0.739. The minimum Gasteiger partial charge on any atom is -0.379 e. The van der Waals surface area contributed by atoms with Crippen molar-refractivity contribution in [3.63, 3.8) is 0 Å². The Morgan fingerprint density at radius 3 is 2.81 bits per heavy atom. The number of pyridine rings is 1. The summed E-state index contributed by atoms with van der Waals surface area (Å²) in [5, 5.41) is 5.28. The fraction of sp³-hybridized carbons (Fsp3) is 0.474. The highest BCUT2D eigenvalue weighted by Crippen LogP contribution is 2.22. The summed E-state index contributed by atoms with van der Waals surface area (Å²) in [4.78, 5) is 19.9. The predicted octanol–water partition coefficient (Wildman–Crippen LogP) is 2.13. The molecule has 2 aromatic rings. The minimum absolute atomic E-state index is 0.113. The van der Waals surface area contributed by atoms with Crippen LogP contribution in [0.2, 0.25) is 5.02 Å². The summed E-state index contributed by atoms with van der Waals surface area (Å²) in [5.41, 5.74) is 2.30. The molecule has 0 amide bonds. The molecule has 1 saturated heterocycles. The normalized spacial score (nSPS) is 15.1. The topological polar surface area (TPSA) is 60.6 Å². The first-order chi connectivity index (χ1) is 13.0. The van der Waals surface area contributed by atoms with E-state index < -0.39 is 0 Å². The molecule has 1 aliphatic rings. The number of ether oxygens (including phenoxy) is 1. The lowest BCUT2D eigenvalue weighted by molar-refractivity contribution is 0.0357. The van der Waals surface area contributed by atoms with Crippen LogP contribution in [0, 0.1) is 6.92 Å². The van der Waals surface area contributed by atoms with E-state index in [1.807, 2.05) is 24.0 Å². The van der Waals surface area contributed by atoms with Gasteiger partial charge in [0.25, 0.3) is 5.56 Å². The van der Waals surface area contributed by atoms with Gasteiger partial charge < -0.3 is 19.9 Å². The molecule has 3 rings (SSSR count). The number of nitrogens with zero attached hydrogens (tertiary/aromatic N) is 2. The van der Waals surface area contributed by atoms with Gasteiger partial charge in [0.2, 0.25) is 0 Å². The van der Waals surface area contributed by atoms with Gasteiger partial charge in [-0.25, -0.2) is 0 Å². The molecule has 0 atom stereocenters. The molecule has 0 aliphatic carbocycles. The first kappa shape index (κ1) is 20.1. The van der Waals surface area contributed by atoms with Crippen LogP contribution < -0.4 is 10.9 Å². The van der Waals surface area contributed by atoms with Crippen LogP contribution in [0.4, 0.5) is 0 Å². The Labute approximate surface area is 169 Å². The van der Waals surface area contributed by atoms with E-state index in [-0.39, 0.29) is 5.56 Å². The molecule has 0 radical (unpaired) electrons. The largest absolute Gasteiger partial charge is 0.379 e. The summed E-state index contributed by atoms with van der Waals surface area (Å²) in [6, 6.07) is 5.72. The van der Waals surface area contributed by atoms with Crippen LogP contribution in [-0.4, -0.2) is 66.3 Å². The Bertz CT molecular complexity index is 880. The number of aryl methyl sites for hydroxylation is 1. The van der Waals surface area contributed by atoms with Gasteiger partial charge in [-0.3, -0.25) is 9.69 Å². The summed E-state index contributed by atoms with van der Waals surface area (Å²) < 4.78 is 5.40. The van der Waals surface area contributed by atoms with Gasteiger partial charge in [0.15, 0.2) is 5.11 Å². The Morgan fingerprint density at radius 1 is 1.37 bits per heavy atom. The number of hydrogen-bond donors (Lipinski definition) is 2. The Hall–Kier alpha value is -1.67. The molecule has 0 bridgehead atoms. The second-order valence-corrected chi connectivity index (χ2v) is 7.54. The molecule has 1 fully saturated rings. The van der Waals surface area contributed by atoms with Crippen LogP contribution in [0.25, 0.3) is 10.9 Å². The smallest absolute Gasteiger partial charge is 0.253 e. The second-order valence-electron chi connectivity index (χ2n) is 6.74. The third kappa shape index (κ3) is 4.99. The van der Waals surface area contributed by atoms with Gasteiger partial charge in [-0.2, -0.15) is 0 Å². The minimum atomic E-state index is -0.113. The number of halogens is 1. The number of nitrogens with one attached hydrogen (secondary N) is 2. The van der Waals surface area contributed by atoms with Crippen molar-refractivity contribution >= 4 is 39.8 Å². The van der Waals surface area contributed by atoms with Crippen LogP contribution in [0.1, 0.15) is 11.1 Å². The van der Waals surface area contributed by atoms with E-state index in [0.717, 1.165) is 55.9 Å². The van der Waals surface area contributed by atoms with Crippen molar-refractivity contribution in [1.82, 2.24) is 20.1 Å². The maximum absolute atomic E-state index is 12.6. The lowest BCUT2D eigenvalue weighted by Gasteiger charge is -2.31. The van der Waals surface area contributed by atoms with Gasteiger partial charge in [0.05, 0.1) is 19.8 Å². The molecule has 27 heavy (non-hydrogen) atoms. The number of aromatic amines is 1. The number of thiocarbonyl (C=S) groups is 1. The maximum Gasteiger partial charge on any atom is 0.253 e. The van der Waals surface area contributed by atoms with Crippen LogP contribution in [0.15, 0.2) is 23.0 Å². The number of hydrogen-bond acceptors (Lipinski definition) is 4. The lowest BCUT2D eigenvalue weighted by atomic mass is 10.1. The average Bonchev–Trinajstić information content (AvgIpc) is 2.67. The first-order valence-electron chi connectivity index (χ1n) is 9.06. The molecule has 1 aliphatic heterocycles. The van der Waals surface area contributed by atoms with Crippen molar-refractivity contribution in [2.24, 2.45) is 0 Å². The van der Waals surface area contributed by atoms with Crippen LogP contribution in [0.3, 0.4) is 0 Å². The fourth-order valence-electron chi connectivity index (χ4n) is 3.21. The number of aromatic nitrogens is 1. The summed E-state index contributed by atoms with van der Waals surface area (Å²) >= 11 is 11.6. The molecule has 2 heterocycles. The number of fused-ring (bicyclic) bond motifs is 1. The van der Waals surface area contributed by atoms with Gasteiger partial charge in [-0.05, 0) is 48.3 Å².